The zero-order chi connectivity index (χ0) is 10.9. The molecule has 0 spiro atoms. The van der Waals surface area contributed by atoms with Crippen LogP contribution < -0.4 is 5.32 Å². The second kappa shape index (κ2) is 4.24. The molecule has 3 heteroatoms. The molecule has 2 heterocycles. The van der Waals surface area contributed by atoms with Crippen LogP contribution in [0, 0.1) is 6.92 Å². The van der Waals surface area contributed by atoms with Crippen LogP contribution in [-0.2, 0) is 5.60 Å². The average Bonchev–Trinajstić information content (AvgIpc) is 2.66. The fourth-order valence-corrected chi connectivity index (χ4v) is 3.42. The number of hydrogen-bond acceptors (Lipinski definition) is 3. The van der Waals surface area contributed by atoms with Gasteiger partial charge >= 0.3 is 0 Å². The molecule has 15 heavy (non-hydrogen) atoms. The van der Waals surface area contributed by atoms with E-state index < -0.39 is 5.60 Å². The second-order valence-electron chi connectivity index (χ2n) is 4.58. The topological polar surface area (TPSA) is 32.3 Å². The molecular weight excluding hydrogens is 206 g/mol. The molecule has 1 aromatic heterocycles. The molecule has 2 atom stereocenters. The molecule has 2 nitrogen and oxygen atoms in total. The van der Waals surface area contributed by atoms with Crippen molar-refractivity contribution in [1.29, 1.82) is 0 Å². The van der Waals surface area contributed by atoms with Gasteiger partial charge in [-0.05, 0) is 50.2 Å². The predicted molar refractivity (Wildman–Crippen MR) is 64.3 cm³/mol. The lowest BCUT2D eigenvalue weighted by molar-refractivity contribution is 0.00854. The van der Waals surface area contributed by atoms with Crippen molar-refractivity contribution in [3.05, 3.63) is 21.9 Å². The van der Waals surface area contributed by atoms with Crippen molar-refractivity contribution in [2.24, 2.45) is 0 Å². The predicted octanol–water partition coefficient (Wildman–Crippen LogP) is 2.41. The summed E-state index contributed by atoms with van der Waals surface area (Å²) in [6.45, 7) is 5.04. The molecule has 2 rings (SSSR count). The van der Waals surface area contributed by atoms with Crippen LogP contribution in [0.2, 0.25) is 0 Å². The second-order valence-corrected chi connectivity index (χ2v) is 5.50. The van der Waals surface area contributed by atoms with Crippen molar-refractivity contribution in [1.82, 2.24) is 5.32 Å². The SMILES string of the molecule is Cc1ccsc1C(C)(O)C1CCCCN1. The van der Waals surface area contributed by atoms with Gasteiger partial charge in [-0.15, -0.1) is 11.3 Å². The molecule has 1 aliphatic heterocycles. The third-order valence-corrected chi connectivity index (χ3v) is 4.55. The Kier molecular flexibility index (Phi) is 3.14. The zero-order valence-corrected chi connectivity index (χ0v) is 10.2. The summed E-state index contributed by atoms with van der Waals surface area (Å²) in [6, 6.07) is 2.29. The fourth-order valence-electron chi connectivity index (χ4n) is 2.38. The van der Waals surface area contributed by atoms with E-state index in [2.05, 4.69) is 23.7 Å². The van der Waals surface area contributed by atoms with Crippen molar-refractivity contribution >= 4 is 11.3 Å². The first-order chi connectivity index (χ1) is 7.12. The highest BCUT2D eigenvalue weighted by Crippen LogP contribution is 2.34. The highest BCUT2D eigenvalue weighted by molar-refractivity contribution is 7.10. The smallest absolute Gasteiger partial charge is 0.111 e. The normalized spacial score (nSPS) is 26.2. The molecule has 0 radical (unpaired) electrons. The maximum Gasteiger partial charge on any atom is 0.111 e. The van der Waals surface area contributed by atoms with E-state index in [1.165, 1.54) is 18.4 Å². The molecule has 0 saturated carbocycles. The summed E-state index contributed by atoms with van der Waals surface area (Å²) in [5, 5.41) is 16.1. The lowest BCUT2D eigenvalue weighted by Crippen LogP contribution is -2.48. The van der Waals surface area contributed by atoms with Gasteiger partial charge in [0.1, 0.15) is 5.60 Å². The summed E-state index contributed by atoms with van der Waals surface area (Å²) < 4.78 is 0. The van der Waals surface area contributed by atoms with Crippen LogP contribution in [0.3, 0.4) is 0 Å². The van der Waals surface area contributed by atoms with Gasteiger partial charge in [-0.1, -0.05) is 6.42 Å². The number of rotatable bonds is 2. The molecule has 1 saturated heterocycles. The first-order valence-corrected chi connectivity index (χ1v) is 6.50. The zero-order valence-electron chi connectivity index (χ0n) is 9.42. The first kappa shape index (κ1) is 11.1. The van der Waals surface area contributed by atoms with E-state index in [0.717, 1.165) is 17.8 Å². The van der Waals surface area contributed by atoms with E-state index in [0.29, 0.717) is 0 Å². The van der Waals surface area contributed by atoms with Crippen molar-refractivity contribution < 1.29 is 5.11 Å². The van der Waals surface area contributed by atoms with Crippen LogP contribution in [-0.4, -0.2) is 17.7 Å². The monoisotopic (exact) mass is 225 g/mol. The van der Waals surface area contributed by atoms with Crippen LogP contribution in [0.1, 0.15) is 36.6 Å². The Bertz CT molecular complexity index is 326. The Morgan fingerprint density at radius 3 is 2.87 bits per heavy atom. The van der Waals surface area contributed by atoms with Crippen LogP contribution in [0.15, 0.2) is 11.4 Å². The van der Waals surface area contributed by atoms with Gasteiger partial charge in [0.25, 0.3) is 0 Å². The Morgan fingerprint density at radius 1 is 1.53 bits per heavy atom. The van der Waals surface area contributed by atoms with Crippen molar-refractivity contribution in [2.75, 3.05) is 6.54 Å². The quantitative estimate of drug-likeness (QED) is 0.810. The van der Waals surface area contributed by atoms with Gasteiger partial charge in [-0.25, -0.2) is 0 Å². The van der Waals surface area contributed by atoms with Crippen LogP contribution in [0.25, 0.3) is 0 Å². The molecule has 1 fully saturated rings. The highest BCUT2D eigenvalue weighted by atomic mass is 32.1. The van der Waals surface area contributed by atoms with Crippen LogP contribution >= 0.6 is 11.3 Å². The molecule has 0 bridgehead atoms. The molecule has 0 aliphatic carbocycles. The van der Waals surface area contributed by atoms with Crippen LogP contribution in [0.4, 0.5) is 0 Å². The average molecular weight is 225 g/mol. The maximum atomic E-state index is 10.6. The third-order valence-electron chi connectivity index (χ3n) is 3.31. The molecular formula is C12H19NOS. The summed E-state index contributed by atoms with van der Waals surface area (Å²) in [6.07, 6.45) is 3.53. The van der Waals surface area contributed by atoms with Crippen LogP contribution in [0.5, 0.6) is 0 Å². The van der Waals surface area contributed by atoms with E-state index in [1.54, 1.807) is 11.3 Å². The number of thiophene rings is 1. The Morgan fingerprint density at radius 2 is 2.33 bits per heavy atom. The molecule has 2 N–H and O–H groups in total. The summed E-state index contributed by atoms with van der Waals surface area (Å²) in [4.78, 5) is 1.11. The highest BCUT2D eigenvalue weighted by Gasteiger charge is 2.36. The van der Waals surface area contributed by atoms with E-state index >= 15 is 0 Å². The van der Waals surface area contributed by atoms with E-state index in [9.17, 15) is 5.11 Å². The minimum Gasteiger partial charge on any atom is -0.383 e. The van der Waals surface area contributed by atoms with Crippen molar-refractivity contribution in [3.63, 3.8) is 0 Å². The maximum absolute atomic E-state index is 10.6. The first-order valence-electron chi connectivity index (χ1n) is 5.62. The van der Waals surface area contributed by atoms with Gasteiger partial charge in [0.15, 0.2) is 0 Å². The standard InChI is InChI=1S/C12H19NOS/c1-9-6-8-15-11(9)12(2,14)10-5-3-4-7-13-10/h6,8,10,13-14H,3-5,7H2,1-2H3. The van der Waals surface area contributed by atoms with E-state index in [-0.39, 0.29) is 6.04 Å². The summed E-state index contributed by atoms with van der Waals surface area (Å²) in [5.41, 5.74) is 0.496. The summed E-state index contributed by atoms with van der Waals surface area (Å²) in [5.74, 6) is 0. The summed E-state index contributed by atoms with van der Waals surface area (Å²) >= 11 is 1.66. The van der Waals surface area contributed by atoms with Gasteiger partial charge in [0.2, 0.25) is 0 Å². The van der Waals surface area contributed by atoms with Crippen molar-refractivity contribution in [2.45, 2.75) is 44.8 Å². The Hall–Kier alpha value is -0.380. The molecule has 0 amide bonds. The van der Waals surface area contributed by atoms with Gasteiger partial charge in [-0.2, -0.15) is 0 Å². The molecule has 2 unspecified atom stereocenters. The minimum atomic E-state index is -0.710. The minimum absolute atomic E-state index is 0.212. The number of piperidine rings is 1. The lowest BCUT2D eigenvalue weighted by Gasteiger charge is -2.36. The Balaban J connectivity index is 2.21. The van der Waals surface area contributed by atoms with Gasteiger partial charge in [-0.3, -0.25) is 0 Å². The molecule has 0 aromatic carbocycles. The number of hydrogen-bond donors (Lipinski definition) is 2. The summed E-state index contributed by atoms with van der Waals surface area (Å²) in [7, 11) is 0. The van der Waals surface area contributed by atoms with E-state index in [4.69, 9.17) is 0 Å². The largest absolute Gasteiger partial charge is 0.383 e. The van der Waals surface area contributed by atoms with Crippen molar-refractivity contribution in [3.8, 4) is 0 Å². The van der Waals surface area contributed by atoms with Gasteiger partial charge in [0, 0.05) is 10.9 Å². The Labute approximate surface area is 95.3 Å². The van der Waals surface area contributed by atoms with E-state index in [1.807, 2.05) is 6.92 Å². The molecule has 84 valence electrons. The fraction of sp³-hybridized carbons (Fsp3) is 0.667. The van der Waals surface area contributed by atoms with Gasteiger partial charge < -0.3 is 10.4 Å². The molecule has 1 aliphatic rings. The molecule has 1 aromatic rings. The third kappa shape index (κ3) is 2.10. The van der Waals surface area contributed by atoms with Gasteiger partial charge in [0.05, 0.1) is 0 Å². The number of aliphatic hydroxyl groups is 1. The lowest BCUT2D eigenvalue weighted by atomic mass is 9.87. The number of nitrogens with one attached hydrogen (secondary N) is 1. The number of aryl methyl sites for hydroxylation is 1.